The first-order valence-electron chi connectivity index (χ1n) is 4.93. The van der Waals surface area contributed by atoms with Gasteiger partial charge in [-0.3, -0.25) is 0 Å². The molecule has 2 unspecified atom stereocenters. The fraction of sp³-hybridized carbons (Fsp3) is 0.778. The van der Waals surface area contributed by atoms with Crippen LogP contribution in [0.25, 0.3) is 0 Å². The quantitative estimate of drug-likeness (QED) is 0.802. The number of nitrogens with zero attached hydrogens (tertiary/aromatic N) is 2. The van der Waals surface area contributed by atoms with Crippen LogP contribution in [0.5, 0.6) is 5.19 Å². The Kier molecular flexibility index (Phi) is 2.98. The molecule has 1 aliphatic heterocycles. The molecule has 2 atom stereocenters. The number of aryl methyl sites for hydroxylation is 1. The monoisotopic (exact) mass is 213 g/mol. The maximum atomic E-state index is 5.77. The number of piperidine rings is 1. The van der Waals surface area contributed by atoms with E-state index >= 15 is 0 Å². The molecule has 1 saturated heterocycles. The molecule has 0 amide bonds. The number of rotatable bonds is 2. The zero-order valence-electron chi connectivity index (χ0n) is 8.49. The van der Waals surface area contributed by atoms with E-state index in [9.17, 15) is 0 Å². The lowest BCUT2D eigenvalue weighted by molar-refractivity contribution is 0.113. The van der Waals surface area contributed by atoms with E-state index in [1.807, 2.05) is 6.92 Å². The molecule has 0 aromatic carbocycles. The Balaban J connectivity index is 1.95. The molecule has 4 nitrogen and oxygen atoms in total. The summed E-state index contributed by atoms with van der Waals surface area (Å²) < 4.78 is 5.77. The van der Waals surface area contributed by atoms with Gasteiger partial charge in [0.05, 0.1) is 0 Å². The average Bonchev–Trinajstić information content (AvgIpc) is 2.56. The first-order chi connectivity index (χ1) is 6.75. The van der Waals surface area contributed by atoms with Crippen LogP contribution in [0.15, 0.2) is 0 Å². The van der Waals surface area contributed by atoms with Gasteiger partial charge in [0.15, 0.2) is 0 Å². The van der Waals surface area contributed by atoms with Gasteiger partial charge in [0.25, 0.3) is 5.19 Å². The van der Waals surface area contributed by atoms with E-state index in [0.717, 1.165) is 18.1 Å². The minimum Gasteiger partial charge on any atom is -0.464 e. The highest BCUT2D eigenvalue weighted by molar-refractivity contribution is 7.12. The number of nitrogens with one attached hydrogen (secondary N) is 1. The summed E-state index contributed by atoms with van der Waals surface area (Å²) in [5.74, 6) is 0.598. The lowest BCUT2D eigenvalue weighted by Crippen LogP contribution is -2.42. The maximum absolute atomic E-state index is 5.77. The van der Waals surface area contributed by atoms with Crippen LogP contribution in [0.2, 0.25) is 0 Å². The molecule has 1 aromatic heterocycles. The van der Waals surface area contributed by atoms with E-state index in [1.165, 1.54) is 17.8 Å². The van der Waals surface area contributed by atoms with Gasteiger partial charge >= 0.3 is 0 Å². The highest BCUT2D eigenvalue weighted by Crippen LogP contribution is 2.22. The van der Waals surface area contributed by atoms with Gasteiger partial charge in [-0.2, -0.15) is 0 Å². The fourth-order valence-electron chi connectivity index (χ4n) is 1.57. The average molecular weight is 213 g/mol. The zero-order valence-corrected chi connectivity index (χ0v) is 9.30. The molecule has 5 heteroatoms. The predicted octanol–water partition coefficient (Wildman–Crippen LogP) is 1.22. The molecule has 1 N–H and O–H groups in total. The Hall–Kier alpha value is -0.680. The third-order valence-corrected chi connectivity index (χ3v) is 3.25. The molecule has 14 heavy (non-hydrogen) atoms. The lowest BCUT2D eigenvalue weighted by atomic mass is 9.97. The molecule has 0 aliphatic carbocycles. The Bertz CT molecular complexity index is 302. The molecule has 1 aliphatic rings. The van der Waals surface area contributed by atoms with E-state index in [0.29, 0.717) is 11.1 Å². The number of aromatic nitrogens is 2. The van der Waals surface area contributed by atoms with E-state index < -0.39 is 0 Å². The second kappa shape index (κ2) is 4.23. The van der Waals surface area contributed by atoms with E-state index in [-0.39, 0.29) is 6.10 Å². The molecule has 1 fully saturated rings. The highest BCUT2D eigenvalue weighted by atomic mass is 32.1. The van der Waals surface area contributed by atoms with Gasteiger partial charge in [0.2, 0.25) is 0 Å². The van der Waals surface area contributed by atoms with Crippen molar-refractivity contribution in [3.8, 4) is 5.19 Å². The van der Waals surface area contributed by atoms with Crippen LogP contribution >= 0.6 is 11.3 Å². The molecule has 0 bridgehead atoms. The molecular formula is C9H15N3OS. The van der Waals surface area contributed by atoms with Crippen molar-refractivity contribution in [2.24, 2.45) is 5.92 Å². The number of hydrogen-bond donors (Lipinski definition) is 1. The Morgan fingerprint density at radius 3 is 3.00 bits per heavy atom. The summed E-state index contributed by atoms with van der Waals surface area (Å²) in [5, 5.41) is 12.9. The highest BCUT2D eigenvalue weighted by Gasteiger charge is 2.23. The summed E-state index contributed by atoms with van der Waals surface area (Å²) in [6.07, 6.45) is 1.42. The van der Waals surface area contributed by atoms with Crippen LogP contribution in [-0.4, -0.2) is 29.4 Å². The van der Waals surface area contributed by atoms with Crippen LogP contribution < -0.4 is 10.1 Å². The van der Waals surface area contributed by atoms with Crippen molar-refractivity contribution >= 4 is 11.3 Å². The zero-order chi connectivity index (χ0) is 9.97. The van der Waals surface area contributed by atoms with E-state index in [2.05, 4.69) is 22.4 Å². The second-order valence-corrected chi connectivity index (χ2v) is 4.86. The smallest absolute Gasteiger partial charge is 0.294 e. The van der Waals surface area contributed by atoms with Gasteiger partial charge < -0.3 is 10.1 Å². The first kappa shape index (κ1) is 9.86. The second-order valence-electron chi connectivity index (χ2n) is 3.71. The van der Waals surface area contributed by atoms with Crippen LogP contribution in [0.3, 0.4) is 0 Å². The van der Waals surface area contributed by atoms with Gasteiger partial charge in [0, 0.05) is 6.54 Å². The van der Waals surface area contributed by atoms with Gasteiger partial charge in [-0.25, -0.2) is 0 Å². The maximum Gasteiger partial charge on any atom is 0.294 e. The van der Waals surface area contributed by atoms with Crippen molar-refractivity contribution in [2.45, 2.75) is 26.4 Å². The van der Waals surface area contributed by atoms with Crippen LogP contribution in [-0.2, 0) is 0 Å². The molecule has 0 saturated carbocycles. The first-order valence-corrected chi connectivity index (χ1v) is 5.75. The molecule has 0 spiro atoms. The lowest BCUT2D eigenvalue weighted by Gasteiger charge is -2.28. The van der Waals surface area contributed by atoms with Gasteiger partial charge in [-0.15, -0.1) is 10.2 Å². The summed E-state index contributed by atoms with van der Waals surface area (Å²) in [4.78, 5) is 0. The van der Waals surface area contributed by atoms with Crippen LogP contribution in [0.1, 0.15) is 18.4 Å². The van der Waals surface area contributed by atoms with Gasteiger partial charge in [0.1, 0.15) is 11.1 Å². The Morgan fingerprint density at radius 2 is 2.36 bits per heavy atom. The predicted molar refractivity (Wildman–Crippen MR) is 55.7 cm³/mol. The van der Waals surface area contributed by atoms with Gasteiger partial charge in [-0.05, 0) is 25.8 Å². The largest absolute Gasteiger partial charge is 0.464 e. The number of hydrogen-bond acceptors (Lipinski definition) is 5. The van der Waals surface area contributed by atoms with Gasteiger partial charge in [-0.1, -0.05) is 18.3 Å². The topological polar surface area (TPSA) is 47.0 Å². The van der Waals surface area contributed by atoms with Crippen molar-refractivity contribution in [3.63, 3.8) is 0 Å². The third-order valence-electron chi connectivity index (χ3n) is 2.52. The molecule has 1 aromatic rings. The Labute approximate surface area is 87.7 Å². The molecular weight excluding hydrogens is 198 g/mol. The summed E-state index contributed by atoms with van der Waals surface area (Å²) in [6, 6.07) is 0. The van der Waals surface area contributed by atoms with Crippen molar-refractivity contribution < 1.29 is 4.74 Å². The standard InChI is InChI=1S/C9H15N3OS/c1-6-3-4-10-5-8(6)13-9-12-11-7(2)14-9/h6,8,10H,3-5H2,1-2H3. The van der Waals surface area contributed by atoms with Crippen molar-refractivity contribution in [1.82, 2.24) is 15.5 Å². The summed E-state index contributed by atoms with van der Waals surface area (Å²) in [7, 11) is 0. The molecule has 2 heterocycles. The van der Waals surface area contributed by atoms with Crippen LogP contribution in [0, 0.1) is 12.8 Å². The summed E-state index contributed by atoms with van der Waals surface area (Å²) >= 11 is 1.51. The van der Waals surface area contributed by atoms with Crippen LogP contribution in [0.4, 0.5) is 0 Å². The Morgan fingerprint density at radius 1 is 1.50 bits per heavy atom. The molecule has 2 rings (SSSR count). The summed E-state index contributed by atoms with van der Waals surface area (Å²) in [5.41, 5.74) is 0. The van der Waals surface area contributed by atoms with E-state index in [4.69, 9.17) is 4.74 Å². The fourth-order valence-corrected chi connectivity index (χ4v) is 2.16. The molecule has 78 valence electrons. The SMILES string of the molecule is Cc1nnc(OC2CNCCC2C)s1. The molecule has 0 radical (unpaired) electrons. The third kappa shape index (κ3) is 2.22. The summed E-state index contributed by atoms with van der Waals surface area (Å²) in [6.45, 7) is 6.17. The van der Waals surface area contributed by atoms with E-state index in [1.54, 1.807) is 0 Å². The number of ether oxygens (including phenoxy) is 1. The minimum absolute atomic E-state index is 0.246. The van der Waals surface area contributed by atoms with Crippen molar-refractivity contribution in [3.05, 3.63) is 5.01 Å². The minimum atomic E-state index is 0.246. The normalized spacial score (nSPS) is 27.6. The van der Waals surface area contributed by atoms with Crippen molar-refractivity contribution in [2.75, 3.05) is 13.1 Å². The van der Waals surface area contributed by atoms with Crippen molar-refractivity contribution in [1.29, 1.82) is 0 Å².